The Kier molecular flexibility index (Phi) is 3.05. The summed E-state index contributed by atoms with van der Waals surface area (Å²) in [6.45, 7) is 0. The first-order valence-corrected chi connectivity index (χ1v) is 5.21. The van der Waals surface area contributed by atoms with Gasteiger partial charge in [-0.1, -0.05) is 23.2 Å². The summed E-state index contributed by atoms with van der Waals surface area (Å²) in [5.41, 5.74) is -0.630. The first-order chi connectivity index (χ1) is 7.89. The summed E-state index contributed by atoms with van der Waals surface area (Å²) in [5, 5.41) is -0.195. The fraction of sp³-hybridized carbons (Fsp3) is 0.100. The molecule has 0 saturated heterocycles. The van der Waals surface area contributed by atoms with Gasteiger partial charge in [-0.25, -0.2) is 4.98 Å². The molecule has 2 aromatic rings. The minimum atomic E-state index is -4.48. The van der Waals surface area contributed by atoms with Gasteiger partial charge < -0.3 is 4.98 Å². The Bertz CT molecular complexity index is 512. The molecule has 0 radical (unpaired) electrons. The van der Waals surface area contributed by atoms with Crippen LogP contribution in [-0.4, -0.2) is 9.97 Å². The maximum atomic E-state index is 12.5. The van der Waals surface area contributed by atoms with Crippen molar-refractivity contribution in [2.24, 2.45) is 0 Å². The topological polar surface area (TPSA) is 28.7 Å². The molecule has 17 heavy (non-hydrogen) atoms. The Morgan fingerprint density at radius 1 is 1.12 bits per heavy atom. The van der Waals surface area contributed by atoms with E-state index in [-0.39, 0.29) is 15.6 Å². The zero-order valence-corrected chi connectivity index (χ0v) is 9.66. The second-order valence-electron chi connectivity index (χ2n) is 3.25. The molecule has 0 saturated carbocycles. The van der Waals surface area contributed by atoms with Crippen molar-refractivity contribution in [2.45, 2.75) is 6.18 Å². The van der Waals surface area contributed by atoms with Crippen LogP contribution < -0.4 is 0 Å². The van der Waals surface area contributed by atoms with Gasteiger partial charge in [0.05, 0.1) is 21.2 Å². The van der Waals surface area contributed by atoms with Crippen LogP contribution in [0.1, 0.15) is 5.56 Å². The molecule has 0 amide bonds. The lowest BCUT2D eigenvalue weighted by molar-refractivity contribution is -0.137. The first-order valence-electron chi connectivity index (χ1n) is 4.45. The highest BCUT2D eigenvalue weighted by Gasteiger charge is 2.32. The van der Waals surface area contributed by atoms with E-state index in [1.165, 1.54) is 12.4 Å². The molecule has 1 N–H and O–H groups in total. The highest BCUT2D eigenvalue weighted by atomic mass is 35.5. The molecule has 7 heteroatoms. The number of benzene rings is 1. The van der Waals surface area contributed by atoms with Crippen molar-refractivity contribution in [3.05, 3.63) is 40.1 Å². The Balaban J connectivity index is 2.58. The number of rotatable bonds is 1. The lowest BCUT2D eigenvalue weighted by atomic mass is 10.1. The summed E-state index contributed by atoms with van der Waals surface area (Å²) < 4.78 is 37.4. The molecule has 90 valence electrons. The third-order valence-corrected chi connectivity index (χ3v) is 2.70. The van der Waals surface area contributed by atoms with Crippen molar-refractivity contribution in [1.82, 2.24) is 9.97 Å². The summed E-state index contributed by atoms with van der Waals surface area (Å²) in [7, 11) is 0. The average molecular weight is 281 g/mol. The second kappa shape index (κ2) is 4.23. The lowest BCUT2D eigenvalue weighted by Gasteiger charge is -2.10. The molecular weight excluding hydrogens is 276 g/mol. The third kappa shape index (κ3) is 2.40. The number of halogens is 5. The van der Waals surface area contributed by atoms with Gasteiger partial charge in [0, 0.05) is 12.4 Å². The van der Waals surface area contributed by atoms with Crippen LogP contribution in [0.15, 0.2) is 24.5 Å². The Hall–Kier alpha value is -1.20. The van der Waals surface area contributed by atoms with Crippen LogP contribution in [0.3, 0.4) is 0 Å². The molecule has 0 bridgehead atoms. The fourth-order valence-corrected chi connectivity index (χ4v) is 2.03. The third-order valence-electron chi connectivity index (χ3n) is 2.10. The predicted molar refractivity (Wildman–Crippen MR) is 59.0 cm³/mol. The zero-order valence-electron chi connectivity index (χ0n) is 8.15. The number of H-pyrrole nitrogens is 1. The van der Waals surface area contributed by atoms with Crippen molar-refractivity contribution in [1.29, 1.82) is 0 Å². The number of hydrogen-bond acceptors (Lipinski definition) is 1. The highest BCUT2D eigenvalue weighted by Crippen LogP contribution is 2.39. The van der Waals surface area contributed by atoms with Crippen molar-refractivity contribution >= 4 is 23.2 Å². The molecule has 0 aliphatic rings. The van der Waals surface area contributed by atoms with Gasteiger partial charge in [-0.05, 0) is 12.1 Å². The van der Waals surface area contributed by atoms with E-state index < -0.39 is 11.7 Å². The molecule has 0 fully saturated rings. The van der Waals surface area contributed by atoms with Crippen molar-refractivity contribution in [2.75, 3.05) is 0 Å². The Labute approximate surface area is 104 Å². The molecule has 1 aromatic carbocycles. The standard InChI is InChI=1S/C10H5Cl2F3N2/c11-6-3-5(10(13,14)15)4-7(12)8(6)9-16-1-2-17-9/h1-4H,(H,16,17). The molecular formula is C10H5Cl2F3N2. The van der Waals surface area contributed by atoms with Crippen LogP contribution in [-0.2, 0) is 6.18 Å². The number of nitrogens with zero attached hydrogens (tertiary/aromatic N) is 1. The fourth-order valence-electron chi connectivity index (χ4n) is 1.37. The smallest absolute Gasteiger partial charge is 0.345 e. The Morgan fingerprint density at radius 2 is 1.71 bits per heavy atom. The van der Waals surface area contributed by atoms with E-state index in [1.807, 2.05) is 0 Å². The van der Waals surface area contributed by atoms with Gasteiger partial charge in [-0.2, -0.15) is 13.2 Å². The molecule has 2 rings (SSSR count). The molecule has 0 aliphatic carbocycles. The van der Waals surface area contributed by atoms with E-state index in [2.05, 4.69) is 9.97 Å². The zero-order chi connectivity index (χ0) is 12.6. The van der Waals surface area contributed by atoms with Crippen LogP contribution in [0.4, 0.5) is 13.2 Å². The normalized spacial score (nSPS) is 11.8. The Morgan fingerprint density at radius 3 is 2.12 bits per heavy atom. The van der Waals surface area contributed by atoms with Gasteiger partial charge in [-0.3, -0.25) is 0 Å². The SMILES string of the molecule is FC(F)(F)c1cc(Cl)c(-c2ncc[nH]2)c(Cl)c1. The molecule has 0 unspecified atom stereocenters. The molecule has 0 aliphatic heterocycles. The van der Waals surface area contributed by atoms with Crippen LogP contribution in [0.25, 0.3) is 11.4 Å². The number of imidazole rings is 1. The monoisotopic (exact) mass is 280 g/mol. The summed E-state index contributed by atoms with van der Waals surface area (Å²) in [5.74, 6) is 0.328. The van der Waals surface area contributed by atoms with E-state index in [4.69, 9.17) is 23.2 Å². The lowest BCUT2D eigenvalue weighted by Crippen LogP contribution is -2.05. The van der Waals surface area contributed by atoms with Gasteiger partial charge in [0.15, 0.2) is 0 Å². The second-order valence-corrected chi connectivity index (χ2v) is 4.06. The predicted octanol–water partition coefficient (Wildman–Crippen LogP) is 4.40. The number of nitrogens with one attached hydrogen (secondary N) is 1. The first kappa shape index (κ1) is 12.3. The average Bonchev–Trinajstić information content (AvgIpc) is 2.68. The minimum absolute atomic E-state index is 0.0974. The van der Waals surface area contributed by atoms with E-state index in [9.17, 15) is 13.2 Å². The molecule has 0 spiro atoms. The van der Waals surface area contributed by atoms with Crippen LogP contribution >= 0.6 is 23.2 Å². The summed E-state index contributed by atoms with van der Waals surface area (Å²) in [6.07, 6.45) is -1.49. The molecule has 0 atom stereocenters. The summed E-state index contributed by atoms with van der Waals surface area (Å²) >= 11 is 11.6. The van der Waals surface area contributed by atoms with Crippen LogP contribution in [0.2, 0.25) is 10.0 Å². The van der Waals surface area contributed by atoms with Crippen molar-refractivity contribution in [3.8, 4) is 11.4 Å². The number of alkyl halides is 3. The quantitative estimate of drug-likeness (QED) is 0.824. The van der Waals surface area contributed by atoms with E-state index >= 15 is 0 Å². The van der Waals surface area contributed by atoms with Gasteiger partial charge >= 0.3 is 6.18 Å². The van der Waals surface area contributed by atoms with Crippen molar-refractivity contribution < 1.29 is 13.2 Å². The van der Waals surface area contributed by atoms with Gasteiger partial charge in [0.1, 0.15) is 5.82 Å². The molecule has 1 heterocycles. The number of hydrogen-bond donors (Lipinski definition) is 1. The van der Waals surface area contributed by atoms with Crippen molar-refractivity contribution in [3.63, 3.8) is 0 Å². The largest absolute Gasteiger partial charge is 0.416 e. The van der Waals surface area contributed by atoms with E-state index in [1.54, 1.807) is 0 Å². The summed E-state index contributed by atoms with van der Waals surface area (Å²) in [6, 6.07) is 1.65. The maximum absolute atomic E-state index is 12.5. The van der Waals surface area contributed by atoms with E-state index in [0.717, 1.165) is 12.1 Å². The molecule has 1 aromatic heterocycles. The highest BCUT2D eigenvalue weighted by molar-refractivity contribution is 6.39. The summed E-state index contributed by atoms with van der Waals surface area (Å²) in [4.78, 5) is 6.63. The van der Waals surface area contributed by atoms with Gasteiger partial charge in [-0.15, -0.1) is 0 Å². The van der Waals surface area contributed by atoms with E-state index in [0.29, 0.717) is 5.82 Å². The maximum Gasteiger partial charge on any atom is 0.416 e. The van der Waals surface area contributed by atoms with Crippen LogP contribution in [0.5, 0.6) is 0 Å². The number of aromatic nitrogens is 2. The van der Waals surface area contributed by atoms with Crippen LogP contribution in [0, 0.1) is 0 Å². The van der Waals surface area contributed by atoms with Gasteiger partial charge in [0.25, 0.3) is 0 Å². The minimum Gasteiger partial charge on any atom is -0.345 e. The number of aromatic amines is 1. The van der Waals surface area contributed by atoms with Gasteiger partial charge in [0.2, 0.25) is 0 Å². The molecule has 2 nitrogen and oxygen atoms in total.